The van der Waals surface area contributed by atoms with Crippen LogP contribution in [0.25, 0.3) is 0 Å². The van der Waals surface area contributed by atoms with Crippen LogP contribution in [0.5, 0.6) is 0 Å². The molecule has 2 heterocycles. The molecular formula is C10H13N3O3S. The van der Waals surface area contributed by atoms with Crippen molar-refractivity contribution in [1.29, 1.82) is 0 Å². The van der Waals surface area contributed by atoms with Crippen LogP contribution in [0.3, 0.4) is 0 Å². The maximum Gasteiger partial charge on any atom is 0.313 e. The Bertz CT molecular complexity index is 422. The Morgan fingerprint density at radius 2 is 2.53 bits per heavy atom. The van der Waals surface area contributed by atoms with E-state index in [9.17, 15) is 9.59 Å². The van der Waals surface area contributed by atoms with E-state index >= 15 is 0 Å². The van der Waals surface area contributed by atoms with Gasteiger partial charge in [-0.15, -0.1) is 0 Å². The number of carbonyl (C=O) groups is 2. The first kappa shape index (κ1) is 12.0. The lowest BCUT2D eigenvalue weighted by Crippen LogP contribution is -2.36. The molecule has 1 fully saturated rings. The van der Waals surface area contributed by atoms with Crippen molar-refractivity contribution in [3.05, 3.63) is 12.4 Å². The van der Waals surface area contributed by atoms with Crippen molar-refractivity contribution in [1.82, 2.24) is 14.9 Å². The van der Waals surface area contributed by atoms with Gasteiger partial charge in [0.15, 0.2) is 5.16 Å². The van der Waals surface area contributed by atoms with E-state index in [0.29, 0.717) is 18.1 Å². The highest BCUT2D eigenvalue weighted by molar-refractivity contribution is 7.99. The fraction of sp³-hybridized carbons (Fsp3) is 0.500. The van der Waals surface area contributed by atoms with Crippen molar-refractivity contribution in [2.45, 2.75) is 24.0 Å². The summed E-state index contributed by atoms with van der Waals surface area (Å²) < 4.78 is 1.94. The van der Waals surface area contributed by atoms with Crippen LogP contribution in [-0.2, 0) is 9.59 Å². The fourth-order valence-corrected chi connectivity index (χ4v) is 2.52. The first-order valence-corrected chi connectivity index (χ1v) is 6.29. The number of rotatable bonds is 4. The molecule has 7 heteroatoms. The highest BCUT2D eigenvalue weighted by Gasteiger charge is 2.21. The number of carboxylic acid groups (broad SMARTS) is 1. The minimum Gasteiger partial charge on any atom is -0.481 e. The Labute approximate surface area is 102 Å². The summed E-state index contributed by atoms with van der Waals surface area (Å²) in [5, 5.41) is 12.1. The average molecular weight is 255 g/mol. The topological polar surface area (TPSA) is 84.2 Å². The molecule has 1 aliphatic rings. The SMILES string of the molecule is O=C(O)CSc1nccn1C1CCC(=O)NC1. The van der Waals surface area contributed by atoms with Gasteiger partial charge in [0.1, 0.15) is 0 Å². The molecule has 1 aromatic heterocycles. The van der Waals surface area contributed by atoms with Crippen molar-refractivity contribution in [2.75, 3.05) is 12.3 Å². The lowest BCUT2D eigenvalue weighted by atomic mass is 10.1. The molecule has 2 N–H and O–H groups in total. The maximum absolute atomic E-state index is 11.1. The lowest BCUT2D eigenvalue weighted by molar-refractivity contribution is -0.134. The molecule has 0 radical (unpaired) electrons. The zero-order valence-corrected chi connectivity index (χ0v) is 9.94. The molecule has 0 spiro atoms. The number of imidazole rings is 1. The molecule has 17 heavy (non-hydrogen) atoms. The number of aliphatic carboxylic acids is 1. The Kier molecular flexibility index (Phi) is 3.68. The van der Waals surface area contributed by atoms with Crippen molar-refractivity contribution < 1.29 is 14.7 Å². The first-order chi connectivity index (χ1) is 8.16. The van der Waals surface area contributed by atoms with Gasteiger partial charge in [0.25, 0.3) is 0 Å². The minimum absolute atomic E-state index is 0.00388. The van der Waals surface area contributed by atoms with E-state index in [1.54, 1.807) is 6.20 Å². The molecule has 6 nitrogen and oxygen atoms in total. The number of thioether (sulfide) groups is 1. The van der Waals surface area contributed by atoms with Gasteiger partial charge in [-0.05, 0) is 6.42 Å². The second-order valence-corrected chi connectivity index (χ2v) is 4.74. The molecule has 0 saturated carbocycles. The molecule has 1 unspecified atom stereocenters. The molecule has 1 aliphatic heterocycles. The second-order valence-electron chi connectivity index (χ2n) is 3.80. The predicted molar refractivity (Wildman–Crippen MR) is 61.9 cm³/mol. The highest BCUT2D eigenvalue weighted by atomic mass is 32.2. The molecule has 1 saturated heterocycles. The van der Waals surface area contributed by atoms with Crippen LogP contribution in [0.4, 0.5) is 0 Å². The summed E-state index contributed by atoms with van der Waals surface area (Å²) >= 11 is 1.20. The monoisotopic (exact) mass is 255 g/mol. The number of nitrogens with one attached hydrogen (secondary N) is 1. The van der Waals surface area contributed by atoms with E-state index in [1.165, 1.54) is 11.8 Å². The van der Waals surface area contributed by atoms with Crippen molar-refractivity contribution in [3.63, 3.8) is 0 Å². The van der Waals surface area contributed by atoms with E-state index in [2.05, 4.69) is 10.3 Å². The molecule has 2 rings (SSSR count). The number of nitrogens with zero attached hydrogens (tertiary/aromatic N) is 2. The zero-order chi connectivity index (χ0) is 12.3. The van der Waals surface area contributed by atoms with Crippen LogP contribution in [0.2, 0.25) is 0 Å². The third-order valence-corrected chi connectivity index (χ3v) is 3.56. The molecule has 0 aromatic carbocycles. The third kappa shape index (κ3) is 3.00. The van der Waals surface area contributed by atoms with Crippen LogP contribution in [-0.4, -0.2) is 38.8 Å². The maximum atomic E-state index is 11.1. The number of carbonyl (C=O) groups excluding carboxylic acids is 1. The fourth-order valence-electron chi connectivity index (χ4n) is 1.77. The molecule has 1 amide bonds. The molecule has 0 bridgehead atoms. The van der Waals surface area contributed by atoms with Gasteiger partial charge < -0.3 is 15.0 Å². The summed E-state index contributed by atoms with van der Waals surface area (Å²) in [6, 6.07) is 0.173. The molecule has 0 aliphatic carbocycles. The van der Waals surface area contributed by atoms with Crippen LogP contribution in [0.15, 0.2) is 17.6 Å². The predicted octanol–water partition coefficient (Wildman–Crippen LogP) is 0.511. The quantitative estimate of drug-likeness (QED) is 0.766. The van der Waals surface area contributed by atoms with Crippen LogP contribution in [0.1, 0.15) is 18.9 Å². The average Bonchev–Trinajstić information content (AvgIpc) is 2.75. The van der Waals surface area contributed by atoms with E-state index in [1.807, 2.05) is 10.8 Å². The van der Waals surface area contributed by atoms with Gasteiger partial charge in [0.05, 0.1) is 11.8 Å². The van der Waals surface area contributed by atoms with Gasteiger partial charge in [0, 0.05) is 25.4 Å². The van der Waals surface area contributed by atoms with Gasteiger partial charge in [-0.1, -0.05) is 11.8 Å². The van der Waals surface area contributed by atoms with Gasteiger partial charge >= 0.3 is 5.97 Å². The largest absolute Gasteiger partial charge is 0.481 e. The van der Waals surface area contributed by atoms with E-state index in [4.69, 9.17) is 5.11 Å². The summed E-state index contributed by atoms with van der Waals surface area (Å²) in [5.41, 5.74) is 0. The van der Waals surface area contributed by atoms with E-state index in [-0.39, 0.29) is 17.7 Å². The first-order valence-electron chi connectivity index (χ1n) is 5.31. The number of aromatic nitrogens is 2. The van der Waals surface area contributed by atoms with Gasteiger partial charge in [-0.25, -0.2) is 4.98 Å². The number of carboxylic acids is 1. The zero-order valence-electron chi connectivity index (χ0n) is 9.13. The van der Waals surface area contributed by atoms with Gasteiger partial charge in [0.2, 0.25) is 5.91 Å². The summed E-state index contributed by atoms with van der Waals surface area (Å²) in [4.78, 5) is 25.7. The van der Waals surface area contributed by atoms with Gasteiger partial charge in [-0.3, -0.25) is 9.59 Å². The van der Waals surface area contributed by atoms with Crippen LogP contribution >= 0.6 is 11.8 Å². The second kappa shape index (κ2) is 5.22. The van der Waals surface area contributed by atoms with E-state index < -0.39 is 5.97 Å². The molecule has 1 aromatic rings. The van der Waals surface area contributed by atoms with E-state index in [0.717, 1.165) is 6.42 Å². The van der Waals surface area contributed by atoms with Crippen molar-refractivity contribution >= 4 is 23.6 Å². The lowest BCUT2D eigenvalue weighted by Gasteiger charge is -2.24. The summed E-state index contributed by atoms with van der Waals surface area (Å²) in [7, 11) is 0. The van der Waals surface area contributed by atoms with Gasteiger partial charge in [-0.2, -0.15) is 0 Å². The summed E-state index contributed by atoms with van der Waals surface area (Å²) in [6.07, 6.45) is 4.75. The third-order valence-electron chi connectivity index (χ3n) is 2.59. The van der Waals surface area contributed by atoms with Crippen LogP contribution < -0.4 is 5.32 Å². The number of hydrogen-bond donors (Lipinski definition) is 2. The van der Waals surface area contributed by atoms with Crippen molar-refractivity contribution in [2.24, 2.45) is 0 Å². The standard InChI is InChI=1S/C10H13N3O3S/c14-8-2-1-7(5-12-8)13-4-3-11-10(13)17-6-9(15)16/h3-4,7H,1-2,5-6H2,(H,12,14)(H,15,16). The number of amides is 1. The molecule has 1 atom stereocenters. The Balaban J connectivity index is 2.02. The Hall–Kier alpha value is -1.50. The highest BCUT2D eigenvalue weighted by Crippen LogP contribution is 2.24. The van der Waals surface area contributed by atoms with Crippen LogP contribution in [0, 0.1) is 0 Å². The normalized spacial score (nSPS) is 20.0. The molecular weight excluding hydrogens is 242 g/mol. The molecule has 92 valence electrons. The smallest absolute Gasteiger partial charge is 0.313 e. The van der Waals surface area contributed by atoms with Crippen molar-refractivity contribution in [3.8, 4) is 0 Å². The number of hydrogen-bond acceptors (Lipinski definition) is 4. The summed E-state index contributed by atoms with van der Waals surface area (Å²) in [6.45, 7) is 0.579. The summed E-state index contributed by atoms with van der Waals surface area (Å²) in [5.74, 6) is -0.793. The minimum atomic E-state index is -0.860. The Morgan fingerprint density at radius 3 is 3.18 bits per heavy atom. The Morgan fingerprint density at radius 1 is 1.71 bits per heavy atom. The number of piperidine rings is 1.